The van der Waals surface area contributed by atoms with Crippen LogP contribution in [0.4, 0.5) is 0 Å². The Kier molecular flexibility index (Phi) is 6.15. The lowest BCUT2D eigenvalue weighted by molar-refractivity contribution is 0.0410. The second-order valence-electron chi connectivity index (χ2n) is 5.16. The van der Waals surface area contributed by atoms with Crippen molar-refractivity contribution < 1.29 is 4.74 Å². The van der Waals surface area contributed by atoms with Gasteiger partial charge in [-0.05, 0) is 12.1 Å². The summed E-state index contributed by atoms with van der Waals surface area (Å²) in [5.74, 6) is 2.13. The summed E-state index contributed by atoms with van der Waals surface area (Å²) < 4.78 is 5.36. The molecule has 0 bridgehead atoms. The molecule has 6 heteroatoms. The van der Waals surface area contributed by atoms with E-state index in [1.165, 1.54) is 5.69 Å². The number of thiazole rings is 1. The van der Waals surface area contributed by atoms with Crippen LogP contribution in [0.3, 0.4) is 0 Å². The molecule has 0 aliphatic carbocycles. The lowest BCUT2D eigenvalue weighted by Crippen LogP contribution is -2.37. The fraction of sp³-hybridized carbons (Fsp3) is 0.438. The molecule has 1 aliphatic heterocycles. The molecule has 0 amide bonds. The fourth-order valence-corrected chi connectivity index (χ4v) is 4.24. The van der Waals surface area contributed by atoms with Crippen molar-refractivity contribution in [2.45, 2.75) is 5.75 Å². The van der Waals surface area contributed by atoms with Crippen molar-refractivity contribution >= 4 is 34.7 Å². The number of nitrogens with zero attached hydrogens (tertiary/aromatic N) is 2. The number of halogens is 1. The number of ether oxygens (including phenoxy) is 1. The first kappa shape index (κ1) is 16.3. The zero-order chi connectivity index (χ0) is 15.2. The van der Waals surface area contributed by atoms with Gasteiger partial charge < -0.3 is 4.74 Å². The minimum atomic E-state index is 0.763. The number of benzene rings is 1. The Bertz CT molecular complexity index is 582. The molecule has 1 aliphatic rings. The summed E-state index contributed by atoms with van der Waals surface area (Å²) >= 11 is 9.57. The smallest absolute Gasteiger partial charge is 0.123 e. The van der Waals surface area contributed by atoms with Gasteiger partial charge in [0, 0.05) is 47.1 Å². The van der Waals surface area contributed by atoms with Crippen LogP contribution in [0.25, 0.3) is 10.6 Å². The molecule has 1 aromatic carbocycles. The highest BCUT2D eigenvalue weighted by Gasteiger charge is 2.10. The Morgan fingerprint density at radius 2 is 2.00 bits per heavy atom. The Labute approximate surface area is 144 Å². The van der Waals surface area contributed by atoms with Crippen LogP contribution in [0.15, 0.2) is 29.6 Å². The molecule has 1 saturated heterocycles. The molecule has 2 heterocycles. The van der Waals surface area contributed by atoms with Crippen molar-refractivity contribution in [1.82, 2.24) is 9.88 Å². The molecule has 0 atom stereocenters. The summed E-state index contributed by atoms with van der Waals surface area (Å²) in [6.07, 6.45) is 0. The van der Waals surface area contributed by atoms with E-state index in [1.54, 1.807) is 11.3 Å². The quantitative estimate of drug-likeness (QED) is 0.731. The van der Waals surface area contributed by atoms with Gasteiger partial charge in [-0.25, -0.2) is 4.98 Å². The van der Waals surface area contributed by atoms with Crippen molar-refractivity contribution in [1.29, 1.82) is 0 Å². The molecule has 0 N–H and O–H groups in total. The monoisotopic (exact) mass is 354 g/mol. The molecule has 1 aromatic heterocycles. The maximum Gasteiger partial charge on any atom is 0.123 e. The third-order valence-electron chi connectivity index (χ3n) is 3.55. The lowest BCUT2D eigenvalue weighted by Gasteiger charge is -2.26. The van der Waals surface area contributed by atoms with Crippen LogP contribution in [-0.4, -0.2) is 48.5 Å². The SMILES string of the molecule is Clc1ccc(-c2nc(CSCCN3CCOCC3)cs2)cc1. The van der Waals surface area contributed by atoms with Gasteiger partial charge in [0.2, 0.25) is 0 Å². The standard InChI is InChI=1S/C16H19ClN2OS2/c17-14-3-1-13(2-4-14)16-18-15(12-22-16)11-21-10-7-19-5-8-20-9-6-19/h1-4,12H,5-11H2. The van der Waals surface area contributed by atoms with E-state index in [-0.39, 0.29) is 0 Å². The zero-order valence-electron chi connectivity index (χ0n) is 12.3. The van der Waals surface area contributed by atoms with E-state index in [1.807, 2.05) is 36.0 Å². The van der Waals surface area contributed by atoms with Crippen LogP contribution >= 0.6 is 34.7 Å². The lowest BCUT2D eigenvalue weighted by atomic mass is 10.2. The maximum atomic E-state index is 5.92. The van der Waals surface area contributed by atoms with Crippen molar-refractivity contribution in [3.63, 3.8) is 0 Å². The van der Waals surface area contributed by atoms with Gasteiger partial charge in [0.1, 0.15) is 5.01 Å². The average molecular weight is 355 g/mol. The van der Waals surface area contributed by atoms with Crippen molar-refractivity contribution in [3.05, 3.63) is 40.4 Å². The van der Waals surface area contributed by atoms with Gasteiger partial charge in [-0.1, -0.05) is 23.7 Å². The Morgan fingerprint density at radius 3 is 2.77 bits per heavy atom. The number of morpholine rings is 1. The molecule has 1 fully saturated rings. The fourth-order valence-electron chi connectivity index (χ4n) is 2.29. The first-order valence-corrected chi connectivity index (χ1v) is 9.81. The van der Waals surface area contributed by atoms with Crippen molar-refractivity contribution in [2.24, 2.45) is 0 Å². The highest BCUT2D eigenvalue weighted by Crippen LogP contribution is 2.26. The second kappa shape index (κ2) is 8.31. The van der Waals surface area contributed by atoms with E-state index in [0.29, 0.717) is 0 Å². The molecule has 3 nitrogen and oxygen atoms in total. The van der Waals surface area contributed by atoms with E-state index in [2.05, 4.69) is 10.3 Å². The van der Waals surface area contributed by atoms with Crippen LogP contribution in [0.1, 0.15) is 5.69 Å². The summed E-state index contributed by atoms with van der Waals surface area (Å²) in [7, 11) is 0. The number of rotatable bonds is 6. The molecule has 0 saturated carbocycles. The normalized spacial score (nSPS) is 16.0. The molecule has 0 radical (unpaired) electrons. The zero-order valence-corrected chi connectivity index (χ0v) is 14.7. The minimum Gasteiger partial charge on any atom is -0.379 e. The summed E-state index contributed by atoms with van der Waals surface area (Å²) in [6.45, 7) is 5.03. The van der Waals surface area contributed by atoms with Crippen LogP contribution in [0.5, 0.6) is 0 Å². The highest BCUT2D eigenvalue weighted by atomic mass is 35.5. The average Bonchev–Trinajstić information content (AvgIpc) is 3.02. The van der Waals surface area contributed by atoms with Gasteiger partial charge in [0.05, 0.1) is 18.9 Å². The largest absolute Gasteiger partial charge is 0.379 e. The molecule has 3 rings (SSSR count). The number of hydrogen-bond acceptors (Lipinski definition) is 5. The van der Waals surface area contributed by atoms with Crippen LogP contribution < -0.4 is 0 Å². The molecular weight excluding hydrogens is 336 g/mol. The molecule has 0 unspecified atom stereocenters. The van der Waals surface area contributed by atoms with Crippen LogP contribution in [0.2, 0.25) is 5.02 Å². The molecule has 0 spiro atoms. The molecule has 118 valence electrons. The predicted octanol–water partition coefficient (Wildman–Crippen LogP) is 4.03. The van der Waals surface area contributed by atoms with Crippen molar-refractivity contribution in [3.8, 4) is 10.6 Å². The van der Waals surface area contributed by atoms with Gasteiger partial charge in [-0.3, -0.25) is 4.90 Å². The van der Waals surface area contributed by atoms with Crippen molar-refractivity contribution in [2.75, 3.05) is 38.6 Å². The van der Waals surface area contributed by atoms with E-state index < -0.39 is 0 Å². The molecule has 22 heavy (non-hydrogen) atoms. The maximum absolute atomic E-state index is 5.92. The first-order chi connectivity index (χ1) is 10.8. The van der Waals surface area contributed by atoms with Gasteiger partial charge in [-0.15, -0.1) is 11.3 Å². The third-order valence-corrected chi connectivity index (χ3v) is 5.71. The van der Waals surface area contributed by atoms with Crippen LogP contribution in [-0.2, 0) is 10.5 Å². The number of aromatic nitrogens is 1. The van der Waals surface area contributed by atoms with E-state index >= 15 is 0 Å². The summed E-state index contributed by atoms with van der Waals surface area (Å²) in [5.41, 5.74) is 2.31. The van der Waals surface area contributed by atoms with Gasteiger partial charge in [-0.2, -0.15) is 11.8 Å². The predicted molar refractivity (Wildman–Crippen MR) is 96.0 cm³/mol. The number of thioether (sulfide) groups is 1. The van der Waals surface area contributed by atoms with Gasteiger partial charge in [0.15, 0.2) is 0 Å². The topological polar surface area (TPSA) is 25.4 Å². The summed E-state index contributed by atoms with van der Waals surface area (Å²) in [5, 5.41) is 3.99. The summed E-state index contributed by atoms with van der Waals surface area (Å²) in [6, 6.07) is 7.87. The van der Waals surface area contributed by atoms with E-state index in [4.69, 9.17) is 21.3 Å². The highest BCUT2D eigenvalue weighted by molar-refractivity contribution is 7.98. The van der Waals surface area contributed by atoms with Gasteiger partial charge in [0.25, 0.3) is 0 Å². The first-order valence-electron chi connectivity index (χ1n) is 7.39. The third kappa shape index (κ3) is 4.70. The summed E-state index contributed by atoms with van der Waals surface area (Å²) in [4.78, 5) is 7.18. The van der Waals surface area contributed by atoms with Gasteiger partial charge >= 0.3 is 0 Å². The Hall–Kier alpha value is -0.590. The second-order valence-corrected chi connectivity index (χ2v) is 7.56. The van der Waals surface area contributed by atoms with E-state index in [9.17, 15) is 0 Å². The minimum absolute atomic E-state index is 0.763. The van der Waals surface area contributed by atoms with Crippen LogP contribution in [0, 0.1) is 0 Å². The Balaban J connectivity index is 1.44. The number of hydrogen-bond donors (Lipinski definition) is 0. The molecular formula is C16H19ClN2OS2. The Morgan fingerprint density at radius 1 is 1.23 bits per heavy atom. The van der Waals surface area contributed by atoms with E-state index in [0.717, 1.165) is 59.9 Å². The molecule has 2 aromatic rings.